The summed E-state index contributed by atoms with van der Waals surface area (Å²) in [7, 11) is -3.72. The van der Waals surface area contributed by atoms with Crippen molar-refractivity contribution in [3.63, 3.8) is 0 Å². The summed E-state index contributed by atoms with van der Waals surface area (Å²) in [5.41, 5.74) is 1.82. The minimum absolute atomic E-state index is 0.0117. The van der Waals surface area contributed by atoms with Gasteiger partial charge in [0.1, 0.15) is 6.17 Å². The van der Waals surface area contributed by atoms with Gasteiger partial charge in [-0.3, -0.25) is 9.69 Å². The van der Waals surface area contributed by atoms with E-state index in [0.717, 1.165) is 37.1 Å². The first-order valence-corrected chi connectivity index (χ1v) is 11.6. The molecule has 6 nitrogen and oxygen atoms in total. The Morgan fingerprint density at radius 2 is 1.59 bits per heavy atom. The first-order valence-electron chi connectivity index (χ1n) is 10.1. The maximum atomic E-state index is 13.4. The van der Waals surface area contributed by atoms with E-state index in [0.29, 0.717) is 19.6 Å². The second-order valence-electron chi connectivity index (χ2n) is 7.78. The molecule has 2 heterocycles. The number of sulfonamides is 1. The lowest BCUT2D eigenvalue weighted by Gasteiger charge is -2.31. The van der Waals surface area contributed by atoms with Gasteiger partial charge in [0.05, 0.1) is 11.4 Å². The molecule has 2 fully saturated rings. The number of carbonyl (C=O) groups excluding carboxylic acids is 1. The van der Waals surface area contributed by atoms with Crippen molar-refractivity contribution in [3.8, 4) is 0 Å². The zero-order valence-electron chi connectivity index (χ0n) is 16.7. The molecule has 2 aromatic carbocycles. The summed E-state index contributed by atoms with van der Waals surface area (Å²) < 4.78 is 28.3. The van der Waals surface area contributed by atoms with Crippen LogP contribution in [0.4, 0.5) is 0 Å². The van der Waals surface area contributed by atoms with Gasteiger partial charge < -0.3 is 4.90 Å². The summed E-state index contributed by atoms with van der Waals surface area (Å²) in [6, 6.07) is 16.3. The standard InChI is InChI=1S/C22H27N3O3S/c1-18-9-11-20(12-10-18)29(27,28)25-16-15-24(21(26)17-23-13-5-6-14-23)22(25)19-7-3-2-4-8-19/h2-4,7-12,22H,5-6,13-17H2,1H3/t22-/m1/s1. The molecule has 4 rings (SSSR count). The van der Waals surface area contributed by atoms with Crippen molar-refractivity contribution < 1.29 is 13.2 Å². The van der Waals surface area contributed by atoms with Crippen LogP contribution in [-0.2, 0) is 14.8 Å². The molecule has 2 saturated heterocycles. The fraction of sp³-hybridized carbons (Fsp3) is 0.409. The number of hydrogen-bond donors (Lipinski definition) is 0. The first kappa shape index (κ1) is 20.1. The minimum atomic E-state index is -3.72. The van der Waals surface area contributed by atoms with Gasteiger partial charge in [0.15, 0.2) is 0 Å². The van der Waals surface area contributed by atoms with Gasteiger partial charge in [-0.2, -0.15) is 4.31 Å². The van der Waals surface area contributed by atoms with Crippen LogP contribution in [-0.4, -0.2) is 61.2 Å². The lowest BCUT2D eigenvalue weighted by molar-refractivity contribution is -0.134. The van der Waals surface area contributed by atoms with Crippen LogP contribution in [0.25, 0.3) is 0 Å². The molecule has 2 aliphatic rings. The van der Waals surface area contributed by atoms with Crippen molar-refractivity contribution >= 4 is 15.9 Å². The van der Waals surface area contributed by atoms with Gasteiger partial charge in [-0.1, -0.05) is 48.0 Å². The predicted molar refractivity (Wildman–Crippen MR) is 112 cm³/mol. The number of likely N-dealkylation sites (tertiary alicyclic amines) is 1. The molecule has 0 saturated carbocycles. The third-order valence-electron chi connectivity index (χ3n) is 5.73. The quantitative estimate of drug-likeness (QED) is 0.756. The lowest BCUT2D eigenvalue weighted by atomic mass is 10.1. The highest BCUT2D eigenvalue weighted by Crippen LogP contribution is 2.35. The smallest absolute Gasteiger partial charge is 0.245 e. The Hall–Kier alpha value is -2.22. The van der Waals surface area contributed by atoms with Crippen LogP contribution in [0, 0.1) is 6.92 Å². The van der Waals surface area contributed by atoms with Gasteiger partial charge in [-0.25, -0.2) is 8.42 Å². The van der Waals surface area contributed by atoms with Crippen LogP contribution >= 0.6 is 0 Å². The van der Waals surface area contributed by atoms with E-state index in [-0.39, 0.29) is 10.8 Å². The zero-order chi connectivity index (χ0) is 20.4. The molecule has 0 radical (unpaired) electrons. The van der Waals surface area contributed by atoms with Gasteiger partial charge >= 0.3 is 0 Å². The summed E-state index contributed by atoms with van der Waals surface area (Å²) in [5.74, 6) is -0.0117. The predicted octanol–water partition coefficient (Wildman–Crippen LogP) is 2.62. The Labute approximate surface area is 172 Å². The van der Waals surface area contributed by atoms with E-state index in [9.17, 15) is 13.2 Å². The van der Waals surface area contributed by atoms with Gasteiger partial charge in [0.25, 0.3) is 0 Å². The fourth-order valence-corrected chi connectivity index (χ4v) is 5.73. The number of rotatable bonds is 5. The number of carbonyl (C=O) groups is 1. The molecular formula is C22H27N3O3S. The highest BCUT2D eigenvalue weighted by molar-refractivity contribution is 7.89. The molecule has 0 bridgehead atoms. The molecule has 29 heavy (non-hydrogen) atoms. The van der Waals surface area contributed by atoms with Crippen molar-refractivity contribution in [2.75, 3.05) is 32.7 Å². The second kappa shape index (κ2) is 8.26. The topological polar surface area (TPSA) is 60.9 Å². The third kappa shape index (κ3) is 4.08. The lowest BCUT2D eigenvalue weighted by Crippen LogP contribution is -2.42. The molecular weight excluding hydrogens is 386 g/mol. The van der Waals surface area contributed by atoms with Crippen molar-refractivity contribution in [2.24, 2.45) is 0 Å². The van der Waals surface area contributed by atoms with Crippen LogP contribution < -0.4 is 0 Å². The highest BCUT2D eigenvalue weighted by Gasteiger charge is 2.43. The fourth-order valence-electron chi connectivity index (χ4n) is 4.16. The molecule has 0 spiro atoms. The van der Waals surface area contributed by atoms with Gasteiger partial charge in [-0.05, 0) is 50.6 Å². The van der Waals surface area contributed by atoms with E-state index in [1.807, 2.05) is 37.3 Å². The summed E-state index contributed by atoms with van der Waals surface area (Å²) in [4.78, 5) is 17.2. The average molecular weight is 414 g/mol. The summed E-state index contributed by atoms with van der Waals surface area (Å²) >= 11 is 0. The summed E-state index contributed by atoms with van der Waals surface area (Å²) in [6.45, 7) is 4.83. The number of hydrogen-bond acceptors (Lipinski definition) is 4. The van der Waals surface area contributed by atoms with Gasteiger partial charge in [0, 0.05) is 13.1 Å². The molecule has 7 heteroatoms. The summed E-state index contributed by atoms with van der Waals surface area (Å²) in [6.07, 6.45) is 1.62. The number of amides is 1. The van der Waals surface area contributed by atoms with Gasteiger partial charge in [-0.15, -0.1) is 0 Å². The van der Waals surface area contributed by atoms with Crippen molar-refractivity contribution in [3.05, 3.63) is 65.7 Å². The van der Waals surface area contributed by atoms with Crippen molar-refractivity contribution in [1.82, 2.24) is 14.1 Å². The largest absolute Gasteiger partial charge is 0.319 e. The molecule has 1 amide bonds. The van der Waals surface area contributed by atoms with E-state index in [1.165, 1.54) is 4.31 Å². The van der Waals surface area contributed by atoms with E-state index < -0.39 is 16.2 Å². The SMILES string of the molecule is Cc1ccc(S(=O)(=O)N2CCN(C(=O)CN3CCCC3)[C@H]2c2ccccc2)cc1. The molecule has 0 unspecified atom stereocenters. The number of nitrogens with zero attached hydrogens (tertiary/aromatic N) is 3. The van der Waals surface area contributed by atoms with Crippen LogP contribution in [0.3, 0.4) is 0 Å². The first-order chi connectivity index (χ1) is 14.0. The molecule has 0 aromatic heterocycles. The maximum absolute atomic E-state index is 13.4. The Kier molecular flexibility index (Phi) is 5.72. The van der Waals surface area contributed by atoms with E-state index >= 15 is 0 Å². The molecule has 0 aliphatic carbocycles. The minimum Gasteiger partial charge on any atom is -0.319 e. The Morgan fingerprint density at radius 1 is 0.931 bits per heavy atom. The monoisotopic (exact) mass is 413 g/mol. The molecule has 154 valence electrons. The second-order valence-corrected chi connectivity index (χ2v) is 9.67. The van der Waals surface area contributed by atoms with Crippen LogP contribution in [0.15, 0.2) is 59.5 Å². The Morgan fingerprint density at radius 3 is 2.24 bits per heavy atom. The van der Waals surface area contributed by atoms with E-state index in [4.69, 9.17) is 0 Å². The Balaban J connectivity index is 1.66. The zero-order valence-corrected chi connectivity index (χ0v) is 17.5. The summed E-state index contributed by atoms with van der Waals surface area (Å²) in [5, 5.41) is 0. The van der Waals surface area contributed by atoms with Crippen LogP contribution in [0.1, 0.15) is 30.1 Å². The highest BCUT2D eigenvalue weighted by atomic mass is 32.2. The van der Waals surface area contributed by atoms with E-state index in [1.54, 1.807) is 29.2 Å². The maximum Gasteiger partial charge on any atom is 0.245 e. The normalized spacial score (nSPS) is 21.0. The average Bonchev–Trinajstić information content (AvgIpc) is 3.39. The number of benzene rings is 2. The number of aryl methyl sites for hydroxylation is 1. The van der Waals surface area contributed by atoms with Gasteiger partial charge in [0.2, 0.25) is 15.9 Å². The molecule has 2 aliphatic heterocycles. The van der Waals surface area contributed by atoms with Crippen LogP contribution in [0.2, 0.25) is 0 Å². The molecule has 1 atom stereocenters. The van der Waals surface area contributed by atoms with Crippen LogP contribution in [0.5, 0.6) is 0 Å². The van der Waals surface area contributed by atoms with Crippen molar-refractivity contribution in [1.29, 1.82) is 0 Å². The Bertz CT molecular complexity index is 955. The molecule has 0 N–H and O–H groups in total. The van der Waals surface area contributed by atoms with Crippen molar-refractivity contribution in [2.45, 2.75) is 30.8 Å². The molecule has 2 aromatic rings. The van der Waals surface area contributed by atoms with E-state index in [2.05, 4.69) is 4.90 Å². The third-order valence-corrected chi connectivity index (χ3v) is 7.60.